The predicted octanol–water partition coefficient (Wildman–Crippen LogP) is 1.52. The molecule has 0 aromatic carbocycles. The molecule has 1 saturated heterocycles. The second-order valence-corrected chi connectivity index (χ2v) is 7.49. The molecular weight excluding hydrogens is 314 g/mol. The average Bonchev–Trinajstić information content (AvgIpc) is 3.02. The number of aliphatic hydroxyl groups is 1. The van der Waals surface area contributed by atoms with Gasteiger partial charge < -0.3 is 10.4 Å². The number of rotatable bonds is 6. The van der Waals surface area contributed by atoms with E-state index in [1.165, 1.54) is 0 Å². The van der Waals surface area contributed by atoms with Gasteiger partial charge in [0.25, 0.3) is 0 Å². The minimum Gasteiger partial charge on any atom is -0.384 e. The third-order valence-electron chi connectivity index (χ3n) is 5.14. The lowest BCUT2D eigenvalue weighted by atomic mass is 9.92. The maximum Gasteiger partial charge on any atom is 0.102 e. The van der Waals surface area contributed by atoms with E-state index in [9.17, 15) is 5.11 Å². The van der Waals surface area contributed by atoms with Gasteiger partial charge in [0.15, 0.2) is 0 Å². The normalized spacial score (nSPS) is 24.2. The first-order chi connectivity index (χ1) is 11.9. The van der Waals surface area contributed by atoms with E-state index in [1.807, 2.05) is 38.5 Å². The molecule has 6 heteroatoms. The standard InChI is InChI=1S/C19H29N5O/c1-15-11-24(13-17-6-4-5-8-20-17)9-7-18(15)21-14-19(2,25)16-10-22-23(3)12-16/h4-6,8,10,12,15,18,21,25H,7,9,11,13-14H2,1-3H3. The van der Waals surface area contributed by atoms with E-state index in [2.05, 4.69) is 33.3 Å². The number of hydrogen-bond donors (Lipinski definition) is 2. The molecular formula is C19H29N5O. The summed E-state index contributed by atoms with van der Waals surface area (Å²) in [7, 11) is 1.87. The maximum atomic E-state index is 10.7. The molecule has 1 aliphatic heterocycles. The summed E-state index contributed by atoms with van der Waals surface area (Å²) in [5, 5.41) is 18.5. The van der Waals surface area contributed by atoms with Crippen LogP contribution in [0.25, 0.3) is 0 Å². The van der Waals surface area contributed by atoms with Crippen LogP contribution in [0.15, 0.2) is 36.8 Å². The minimum atomic E-state index is -0.904. The Morgan fingerprint density at radius 2 is 2.24 bits per heavy atom. The van der Waals surface area contributed by atoms with Gasteiger partial charge in [0.05, 0.1) is 11.9 Å². The molecule has 1 fully saturated rings. The highest BCUT2D eigenvalue weighted by molar-refractivity contribution is 5.14. The summed E-state index contributed by atoms with van der Waals surface area (Å²) in [5.41, 5.74) is 1.07. The van der Waals surface area contributed by atoms with Gasteiger partial charge in [-0.2, -0.15) is 5.10 Å². The summed E-state index contributed by atoms with van der Waals surface area (Å²) in [5.74, 6) is 0.530. The first kappa shape index (κ1) is 18.0. The molecule has 25 heavy (non-hydrogen) atoms. The largest absolute Gasteiger partial charge is 0.384 e. The molecule has 3 atom stereocenters. The van der Waals surface area contributed by atoms with E-state index in [1.54, 1.807) is 10.9 Å². The van der Waals surface area contributed by atoms with Gasteiger partial charge in [0.1, 0.15) is 5.60 Å². The molecule has 0 amide bonds. The number of piperidine rings is 1. The van der Waals surface area contributed by atoms with Crippen LogP contribution in [-0.4, -0.2) is 50.4 Å². The minimum absolute atomic E-state index is 0.420. The van der Waals surface area contributed by atoms with Crippen LogP contribution in [0.5, 0.6) is 0 Å². The summed E-state index contributed by atoms with van der Waals surface area (Å²) >= 11 is 0. The highest BCUT2D eigenvalue weighted by Crippen LogP contribution is 2.22. The van der Waals surface area contributed by atoms with Crippen LogP contribution >= 0.6 is 0 Å². The number of aromatic nitrogens is 3. The van der Waals surface area contributed by atoms with Gasteiger partial charge in [0.2, 0.25) is 0 Å². The molecule has 2 aromatic heterocycles. The Balaban J connectivity index is 1.50. The van der Waals surface area contributed by atoms with Gasteiger partial charge in [-0.25, -0.2) is 0 Å². The molecule has 2 N–H and O–H groups in total. The second kappa shape index (κ2) is 7.64. The Hall–Kier alpha value is -1.76. The Morgan fingerprint density at radius 3 is 2.88 bits per heavy atom. The van der Waals surface area contributed by atoms with Gasteiger partial charge in [-0.05, 0) is 31.4 Å². The highest BCUT2D eigenvalue weighted by atomic mass is 16.3. The molecule has 2 aromatic rings. The van der Waals surface area contributed by atoms with E-state index in [-0.39, 0.29) is 0 Å². The molecule has 0 saturated carbocycles. The fourth-order valence-electron chi connectivity index (χ4n) is 3.53. The van der Waals surface area contributed by atoms with Crippen molar-refractivity contribution in [3.05, 3.63) is 48.0 Å². The SMILES string of the molecule is CC1CN(Cc2ccccn2)CCC1NCC(C)(O)c1cnn(C)c1. The molecule has 6 nitrogen and oxygen atoms in total. The Morgan fingerprint density at radius 1 is 1.40 bits per heavy atom. The lowest BCUT2D eigenvalue weighted by Crippen LogP contribution is -2.50. The van der Waals surface area contributed by atoms with Crippen molar-refractivity contribution in [2.24, 2.45) is 13.0 Å². The molecule has 0 radical (unpaired) electrons. The van der Waals surface area contributed by atoms with Crippen molar-refractivity contribution in [1.29, 1.82) is 0 Å². The number of pyridine rings is 1. The quantitative estimate of drug-likeness (QED) is 0.833. The summed E-state index contributed by atoms with van der Waals surface area (Å²) in [4.78, 5) is 6.89. The molecule has 3 rings (SSSR count). The number of hydrogen-bond acceptors (Lipinski definition) is 5. The maximum absolute atomic E-state index is 10.7. The number of aryl methyl sites for hydroxylation is 1. The van der Waals surface area contributed by atoms with Crippen LogP contribution < -0.4 is 5.32 Å². The van der Waals surface area contributed by atoms with Crippen LogP contribution in [0.3, 0.4) is 0 Å². The van der Waals surface area contributed by atoms with Gasteiger partial charge in [-0.15, -0.1) is 0 Å². The molecule has 136 valence electrons. The van der Waals surface area contributed by atoms with E-state index in [0.717, 1.165) is 37.3 Å². The van der Waals surface area contributed by atoms with Crippen molar-refractivity contribution in [3.8, 4) is 0 Å². The third-order valence-corrected chi connectivity index (χ3v) is 5.14. The number of nitrogens with one attached hydrogen (secondary N) is 1. The van der Waals surface area contributed by atoms with Crippen molar-refractivity contribution in [3.63, 3.8) is 0 Å². The smallest absolute Gasteiger partial charge is 0.102 e. The Kier molecular flexibility index (Phi) is 5.51. The second-order valence-electron chi connectivity index (χ2n) is 7.49. The van der Waals surface area contributed by atoms with Crippen LogP contribution in [0, 0.1) is 5.92 Å². The van der Waals surface area contributed by atoms with E-state index in [4.69, 9.17) is 0 Å². The topological polar surface area (TPSA) is 66.2 Å². The van der Waals surface area contributed by atoms with Gasteiger partial charge in [0, 0.05) is 57.2 Å². The fourth-order valence-corrected chi connectivity index (χ4v) is 3.53. The third kappa shape index (κ3) is 4.66. The Bertz CT molecular complexity index is 669. The van der Waals surface area contributed by atoms with Crippen molar-refractivity contribution in [2.45, 2.75) is 38.5 Å². The zero-order chi connectivity index (χ0) is 17.9. The van der Waals surface area contributed by atoms with Crippen LogP contribution in [0.1, 0.15) is 31.5 Å². The van der Waals surface area contributed by atoms with E-state index >= 15 is 0 Å². The Labute approximate surface area is 149 Å². The van der Waals surface area contributed by atoms with Crippen molar-refractivity contribution in [2.75, 3.05) is 19.6 Å². The molecule has 0 spiro atoms. The molecule has 3 heterocycles. The first-order valence-electron chi connectivity index (χ1n) is 9.01. The van der Waals surface area contributed by atoms with E-state index in [0.29, 0.717) is 18.5 Å². The van der Waals surface area contributed by atoms with E-state index < -0.39 is 5.60 Å². The monoisotopic (exact) mass is 343 g/mol. The molecule has 3 unspecified atom stereocenters. The van der Waals surface area contributed by atoms with Crippen LogP contribution in [-0.2, 0) is 19.2 Å². The first-order valence-corrected chi connectivity index (χ1v) is 9.01. The summed E-state index contributed by atoms with van der Waals surface area (Å²) in [6, 6.07) is 6.50. The van der Waals surface area contributed by atoms with Crippen LogP contribution in [0.4, 0.5) is 0 Å². The number of likely N-dealkylation sites (tertiary alicyclic amines) is 1. The van der Waals surface area contributed by atoms with Gasteiger partial charge in [-0.1, -0.05) is 13.0 Å². The lowest BCUT2D eigenvalue weighted by molar-refractivity contribution is 0.0445. The number of nitrogens with zero attached hydrogens (tertiary/aromatic N) is 4. The summed E-state index contributed by atoms with van der Waals surface area (Å²) < 4.78 is 1.72. The zero-order valence-electron chi connectivity index (χ0n) is 15.4. The lowest BCUT2D eigenvalue weighted by Gasteiger charge is -2.38. The predicted molar refractivity (Wildman–Crippen MR) is 97.9 cm³/mol. The molecule has 1 aliphatic rings. The van der Waals surface area contributed by atoms with Gasteiger partial charge >= 0.3 is 0 Å². The zero-order valence-corrected chi connectivity index (χ0v) is 15.4. The van der Waals surface area contributed by atoms with Crippen molar-refractivity contribution < 1.29 is 5.11 Å². The fraction of sp³-hybridized carbons (Fsp3) is 0.579. The molecule has 0 aliphatic carbocycles. The van der Waals surface area contributed by atoms with Crippen molar-refractivity contribution >= 4 is 0 Å². The summed E-state index contributed by atoms with van der Waals surface area (Å²) in [6.07, 6.45) is 6.55. The van der Waals surface area contributed by atoms with Gasteiger partial charge in [-0.3, -0.25) is 14.6 Å². The average molecular weight is 343 g/mol. The molecule has 0 bridgehead atoms. The van der Waals surface area contributed by atoms with Crippen LogP contribution in [0.2, 0.25) is 0 Å². The van der Waals surface area contributed by atoms with Crippen molar-refractivity contribution in [1.82, 2.24) is 25.0 Å². The summed E-state index contributed by atoms with van der Waals surface area (Å²) in [6.45, 7) is 7.66. The highest BCUT2D eigenvalue weighted by Gasteiger charge is 2.30.